The molecule has 146 valence electrons. The standard InChI is InChI=1S/C22H29NO3S/c1-14-6-19(27(3,25)26)4-5-20(14)23-21(24)7-15(2)22-11-16-8-17(12-22)10-18(9-16)13-22/h4-7,16-18H,8-13H2,1-3H3,(H,23,24). The Balaban J connectivity index is 1.51. The Labute approximate surface area is 162 Å². The maximum Gasteiger partial charge on any atom is 0.248 e. The smallest absolute Gasteiger partial charge is 0.248 e. The first-order valence-electron chi connectivity index (χ1n) is 9.95. The van der Waals surface area contributed by atoms with Gasteiger partial charge in [-0.1, -0.05) is 5.57 Å². The summed E-state index contributed by atoms with van der Waals surface area (Å²) >= 11 is 0. The van der Waals surface area contributed by atoms with E-state index in [2.05, 4.69) is 12.2 Å². The predicted molar refractivity (Wildman–Crippen MR) is 107 cm³/mol. The third kappa shape index (κ3) is 3.58. The Morgan fingerprint density at radius 1 is 1.11 bits per heavy atom. The number of amides is 1. The highest BCUT2D eigenvalue weighted by atomic mass is 32.2. The molecule has 1 N–H and O–H groups in total. The maximum absolute atomic E-state index is 12.6. The molecule has 4 bridgehead atoms. The Morgan fingerprint density at radius 3 is 2.15 bits per heavy atom. The quantitative estimate of drug-likeness (QED) is 0.774. The van der Waals surface area contributed by atoms with Crippen LogP contribution in [0.2, 0.25) is 0 Å². The van der Waals surface area contributed by atoms with E-state index in [9.17, 15) is 13.2 Å². The van der Waals surface area contributed by atoms with Crippen molar-refractivity contribution >= 4 is 21.4 Å². The molecular weight excluding hydrogens is 358 g/mol. The van der Waals surface area contributed by atoms with Crippen LogP contribution in [0.3, 0.4) is 0 Å². The third-order valence-corrected chi connectivity index (χ3v) is 8.22. The van der Waals surface area contributed by atoms with Crippen LogP contribution in [0.1, 0.15) is 51.0 Å². The minimum atomic E-state index is -3.24. The fraction of sp³-hybridized carbons (Fsp3) is 0.591. The normalized spacial score (nSPS) is 32.6. The molecule has 0 heterocycles. The molecule has 0 atom stereocenters. The lowest BCUT2D eigenvalue weighted by atomic mass is 9.48. The van der Waals surface area contributed by atoms with Crippen molar-refractivity contribution in [1.82, 2.24) is 0 Å². The summed E-state index contributed by atoms with van der Waals surface area (Å²) in [7, 11) is -3.24. The van der Waals surface area contributed by atoms with E-state index in [1.165, 1.54) is 50.4 Å². The van der Waals surface area contributed by atoms with E-state index in [1.54, 1.807) is 24.3 Å². The minimum absolute atomic E-state index is 0.113. The van der Waals surface area contributed by atoms with Gasteiger partial charge in [0.1, 0.15) is 0 Å². The number of carbonyl (C=O) groups is 1. The van der Waals surface area contributed by atoms with Crippen LogP contribution in [0.5, 0.6) is 0 Å². The molecule has 0 unspecified atom stereocenters. The van der Waals surface area contributed by atoms with E-state index >= 15 is 0 Å². The Kier molecular flexibility index (Phi) is 4.49. The average Bonchev–Trinajstić information content (AvgIpc) is 2.54. The topological polar surface area (TPSA) is 63.2 Å². The first-order chi connectivity index (χ1) is 12.6. The van der Waals surface area contributed by atoms with Crippen molar-refractivity contribution in [3.05, 3.63) is 35.4 Å². The van der Waals surface area contributed by atoms with Crippen LogP contribution in [-0.2, 0) is 14.6 Å². The van der Waals surface area contributed by atoms with Crippen LogP contribution in [0.25, 0.3) is 0 Å². The van der Waals surface area contributed by atoms with Crippen LogP contribution in [0.4, 0.5) is 5.69 Å². The van der Waals surface area contributed by atoms with E-state index in [1.807, 2.05) is 6.92 Å². The van der Waals surface area contributed by atoms with E-state index in [4.69, 9.17) is 0 Å². The summed E-state index contributed by atoms with van der Waals surface area (Å²) < 4.78 is 23.3. The van der Waals surface area contributed by atoms with Crippen molar-refractivity contribution in [2.75, 3.05) is 11.6 Å². The molecule has 0 radical (unpaired) electrons. The van der Waals surface area contributed by atoms with Crippen LogP contribution >= 0.6 is 0 Å². The maximum atomic E-state index is 12.6. The summed E-state index contributed by atoms with van der Waals surface area (Å²) in [5.74, 6) is 2.45. The van der Waals surface area contributed by atoms with Crippen LogP contribution < -0.4 is 5.32 Å². The molecule has 5 heteroatoms. The van der Waals surface area contributed by atoms with Gasteiger partial charge in [0.2, 0.25) is 5.91 Å². The second kappa shape index (κ2) is 6.47. The van der Waals surface area contributed by atoms with Crippen LogP contribution in [0.15, 0.2) is 34.7 Å². The minimum Gasteiger partial charge on any atom is -0.322 e. The van der Waals surface area contributed by atoms with Gasteiger partial charge in [-0.25, -0.2) is 8.42 Å². The van der Waals surface area contributed by atoms with Gasteiger partial charge in [0.05, 0.1) is 4.90 Å². The van der Waals surface area contributed by atoms with Crippen LogP contribution in [0, 0.1) is 30.1 Å². The molecule has 4 fully saturated rings. The number of nitrogens with one attached hydrogen (secondary N) is 1. The second-order valence-corrected chi connectivity index (χ2v) is 11.3. The van der Waals surface area contributed by atoms with Gasteiger partial charge in [0.15, 0.2) is 9.84 Å². The molecule has 1 amide bonds. The molecule has 4 saturated carbocycles. The van der Waals surface area contributed by atoms with Crippen molar-refractivity contribution in [2.24, 2.45) is 23.2 Å². The Hall–Kier alpha value is -1.62. The van der Waals surface area contributed by atoms with E-state index in [0.29, 0.717) is 5.69 Å². The van der Waals surface area contributed by atoms with Crippen LogP contribution in [-0.4, -0.2) is 20.6 Å². The van der Waals surface area contributed by atoms with Gasteiger partial charge >= 0.3 is 0 Å². The lowest BCUT2D eigenvalue weighted by molar-refractivity contribution is -0.112. The lowest BCUT2D eigenvalue weighted by Crippen LogP contribution is -2.46. The summed E-state index contributed by atoms with van der Waals surface area (Å²) in [6.45, 7) is 3.95. The van der Waals surface area contributed by atoms with Gasteiger partial charge in [0, 0.05) is 18.0 Å². The largest absolute Gasteiger partial charge is 0.322 e. The summed E-state index contributed by atoms with van der Waals surface area (Å²) in [5, 5.41) is 2.94. The summed E-state index contributed by atoms with van der Waals surface area (Å²) in [4.78, 5) is 12.9. The lowest BCUT2D eigenvalue weighted by Gasteiger charge is -2.57. The molecule has 4 aliphatic rings. The Bertz CT molecular complexity index is 878. The highest BCUT2D eigenvalue weighted by molar-refractivity contribution is 7.90. The number of carbonyl (C=O) groups excluding carboxylic acids is 1. The summed E-state index contributed by atoms with van der Waals surface area (Å²) in [6.07, 6.45) is 10.9. The molecule has 0 saturated heterocycles. The van der Waals surface area contributed by atoms with Gasteiger partial charge in [-0.3, -0.25) is 4.79 Å². The number of aryl methyl sites for hydroxylation is 1. The monoisotopic (exact) mass is 387 g/mol. The van der Waals surface area contributed by atoms with Gasteiger partial charge in [-0.05, 0) is 99.3 Å². The van der Waals surface area contributed by atoms with Crippen molar-refractivity contribution in [3.8, 4) is 0 Å². The van der Waals surface area contributed by atoms with Crippen molar-refractivity contribution < 1.29 is 13.2 Å². The van der Waals surface area contributed by atoms with E-state index in [-0.39, 0.29) is 16.2 Å². The van der Waals surface area contributed by atoms with Gasteiger partial charge < -0.3 is 5.32 Å². The fourth-order valence-electron chi connectivity index (χ4n) is 6.12. The third-order valence-electron chi connectivity index (χ3n) is 7.11. The zero-order chi connectivity index (χ0) is 19.4. The van der Waals surface area contributed by atoms with E-state index in [0.717, 1.165) is 23.3 Å². The Morgan fingerprint density at radius 2 is 1.67 bits per heavy atom. The summed E-state index contributed by atoms with van der Waals surface area (Å²) in [6, 6.07) is 4.84. The zero-order valence-corrected chi connectivity index (χ0v) is 17.2. The molecule has 4 nitrogen and oxygen atoms in total. The van der Waals surface area contributed by atoms with E-state index < -0.39 is 9.84 Å². The van der Waals surface area contributed by atoms with Crippen molar-refractivity contribution in [1.29, 1.82) is 0 Å². The summed E-state index contributed by atoms with van der Waals surface area (Å²) in [5.41, 5.74) is 2.89. The number of allylic oxidation sites excluding steroid dienone is 1. The van der Waals surface area contributed by atoms with Gasteiger partial charge in [-0.15, -0.1) is 0 Å². The molecule has 1 aromatic carbocycles. The van der Waals surface area contributed by atoms with Crippen molar-refractivity contribution in [3.63, 3.8) is 0 Å². The molecule has 0 aliphatic heterocycles. The molecule has 0 spiro atoms. The number of sulfone groups is 1. The zero-order valence-electron chi connectivity index (χ0n) is 16.4. The number of anilines is 1. The molecule has 5 rings (SSSR count). The fourth-order valence-corrected chi connectivity index (χ4v) is 6.83. The highest BCUT2D eigenvalue weighted by Gasteiger charge is 2.51. The average molecular weight is 388 g/mol. The number of benzene rings is 1. The molecule has 1 aromatic rings. The predicted octanol–water partition coefficient (Wildman–Crippen LogP) is 4.50. The SMILES string of the molecule is CC(=CC(=O)Nc1ccc(S(C)(=O)=O)cc1C)C12CC3CC(CC(C3)C1)C2. The molecule has 0 aromatic heterocycles. The first kappa shape index (κ1) is 18.7. The number of hydrogen-bond acceptors (Lipinski definition) is 3. The first-order valence-corrected chi connectivity index (χ1v) is 11.8. The van der Waals surface area contributed by atoms with Crippen molar-refractivity contribution in [2.45, 2.75) is 57.3 Å². The number of hydrogen-bond donors (Lipinski definition) is 1. The molecular formula is C22H29NO3S. The molecule has 4 aliphatic carbocycles. The second-order valence-electron chi connectivity index (χ2n) is 9.26. The molecule has 27 heavy (non-hydrogen) atoms. The highest BCUT2D eigenvalue weighted by Crippen LogP contribution is 2.62. The number of rotatable bonds is 4. The van der Waals surface area contributed by atoms with Gasteiger partial charge in [-0.2, -0.15) is 0 Å². The van der Waals surface area contributed by atoms with Gasteiger partial charge in [0.25, 0.3) is 0 Å².